The van der Waals surface area contributed by atoms with Gasteiger partial charge in [-0.2, -0.15) is 0 Å². The minimum atomic E-state index is 0.0392. The van der Waals surface area contributed by atoms with Crippen LogP contribution in [0.25, 0.3) is 0 Å². The second-order valence-electron chi connectivity index (χ2n) is 6.95. The van der Waals surface area contributed by atoms with Gasteiger partial charge in [-0.25, -0.2) is 0 Å². The number of nitrogens with one attached hydrogen (secondary N) is 1. The molecule has 152 valence electrons. The standard InChI is InChI=1S/C25H29NO3/c1-20(29-25-16-14-23(27-2)15-17-25)19-26-22-10-12-24(13-11-22)28-18-6-9-21-7-4-3-5-8-21/h3-5,7-8,10-17,20,26H,6,9,18-19H2,1-2H3. The summed E-state index contributed by atoms with van der Waals surface area (Å²) in [5.74, 6) is 2.55. The van der Waals surface area contributed by atoms with E-state index in [9.17, 15) is 0 Å². The quantitative estimate of drug-likeness (QED) is 0.433. The summed E-state index contributed by atoms with van der Waals surface area (Å²) in [4.78, 5) is 0. The number of aryl methyl sites for hydroxylation is 1. The summed E-state index contributed by atoms with van der Waals surface area (Å²) in [6.07, 6.45) is 2.08. The SMILES string of the molecule is COc1ccc(OC(C)CNc2ccc(OCCCc3ccccc3)cc2)cc1. The zero-order valence-corrected chi connectivity index (χ0v) is 17.1. The van der Waals surface area contributed by atoms with Crippen LogP contribution in [0, 0.1) is 0 Å². The van der Waals surface area contributed by atoms with E-state index in [0.29, 0.717) is 13.2 Å². The highest BCUT2D eigenvalue weighted by molar-refractivity contribution is 5.46. The molecule has 3 rings (SSSR count). The molecule has 4 heteroatoms. The summed E-state index contributed by atoms with van der Waals surface area (Å²) in [5, 5.41) is 3.40. The van der Waals surface area contributed by atoms with Gasteiger partial charge in [0.2, 0.25) is 0 Å². The summed E-state index contributed by atoms with van der Waals surface area (Å²) >= 11 is 0. The molecule has 1 atom stereocenters. The van der Waals surface area contributed by atoms with Crippen LogP contribution in [0.5, 0.6) is 17.2 Å². The van der Waals surface area contributed by atoms with Gasteiger partial charge in [0.25, 0.3) is 0 Å². The van der Waals surface area contributed by atoms with Crippen molar-refractivity contribution in [2.75, 3.05) is 25.6 Å². The van der Waals surface area contributed by atoms with Crippen LogP contribution in [-0.2, 0) is 6.42 Å². The van der Waals surface area contributed by atoms with Gasteiger partial charge in [-0.15, -0.1) is 0 Å². The third kappa shape index (κ3) is 7.07. The van der Waals surface area contributed by atoms with Gasteiger partial charge < -0.3 is 19.5 Å². The molecule has 4 nitrogen and oxygen atoms in total. The zero-order chi connectivity index (χ0) is 20.3. The third-order valence-corrected chi connectivity index (χ3v) is 4.57. The second kappa shape index (κ2) is 11.0. The average Bonchev–Trinajstić information content (AvgIpc) is 2.77. The van der Waals surface area contributed by atoms with Crippen molar-refractivity contribution in [2.45, 2.75) is 25.9 Å². The Morgan fingerprint density at radius 1 is 0.793 bits per heavy atom. The summed E-state index contributed by atoms with van der Waals surface area (Å²) in [5.41, 5.74) is 2.40. The lowest BCUT2D eigenvalue weighted by atomic mass is 10.1. The lowest BCUT2D eigenvalue weighted by molar-refractivity contribution is 0.234. The minimum Gasteiger partial charge on any atom is -0.497 e. The first-order valence-electron chi connectivity index (χ1n) is 10.0. The molecule has 0 bridgehead atoms. The van der Waals surface area contributed by atoms with Crippen LogP contribution in [0.15, 0.2) is 78.9 Å². The van der Waals surface area contributed by atoms with Crippen LogP contribution in [0.3, 0.4) is 0 Å². The predicted octanol–water partition coefficient (Wildman–Crippen LogP) is 5.59. The van der Waals surface area contributed by atoms with E-state index in [0.717, 1.165) is 35.8 Å². The maximum absolute atomic E-state index is 5.92. The van der Waals surface area contributed by atoms with Gasteiger partial charge >= 0.3 is 0 Å². The first kappa shape index (κ1) is 20.6. The fourth-order valence-corrected chi connectivity index (χ4v) is 2.97. The van der Waals surface area contributed by atoms with Crippen molar-refractivity contribution in [1.82, 2.24) is 0 Å². The van der Waals surface area contributed by atoms with Crippen molar-refractivity contribution in [1.29, 1.82) is 0 Å². The van der Waals surface area contributed by atoms with Gasteiger partial charge in [-0.05, 0) is 73.9 Å². The minimum absolute atomic E-state index is 0.0392. The van der Waals surface area contributed by atoms with E-state index in [1.165, 1.54) is 5.56 Å². The van der Waals surface area contributed by atoms with E-state index in [4.69, 9.17) is 14.2 Å². The summed E-state index contributed by atoms with van der Waals surface area (Å²) in [7, 11) is 1.66. The van der Waals surface area contributed by atoms with Crippen LogP contribution >= 0.6 is 0 Å². The molecular weight excluding hydrogens is 362 g/mol. The van der Waals surface area contributed by atoms with Gasteiger partial charge in [0.1, 0.15) is 23.4 Å². The van der Waals surface area contributed by atoms with Crippen molar-refractivity contribution in [3.8, 4) is 17.2 Å². The Bertz CT molecular complexity index is 832. The zero-order valence-electron chi connectivity index (χ0n) is 17.1. The highest BCUT2D eigenvalue weighted by Crippen LogP contribution is 2.19. The van der Waals surface area contributed by atoms with Crippen LogP contribution in [0.2, 0.25) is 0 Å². The summed E-state index contributed by atoms with van der Waals surface area (Å²) in [6, 6.07) is 26.2. The Morgan fingerprint density at radius 2 is 1.45 bits per heavy atom. The molecule has 0 saturated heterocycles. The van der Waals surface area contributed by atoms with E-state index in [2.05, 4.69) is 29.6 Å². The predicted molar refractivity (Wildman–Crippen MR) is 118 cm³/mol. The lowest BCUT2D eigenvalue weighted by Gasteiger charge is -2.16. The Labute approximate surface area is 173 Å². The van der Waals surface area contributed by atoms with Gasteiger partial charge in [0.15, 0.2) is 0 Å². The molecule has 0 aliphatic carbocycles. The molecule has 0 aliphatic heterocycles. The van der Waals surface area contributed by atoms with Gasteiger partial charge in [-0.3, -0.25) is 0 Å². The van der Waals surface area contributed by atoms with Crippen molar-refractivity contribution in [3.63, 3.8) is 0 Å². The fraction of sp³-hybridized carbons (Fsp3) is 0.280. The average molecular weight is 392 g/mol. The van der Waals surface area contributed by atoms with Gasteiger partial charge in [-0.1, -0.05) is 30.3 Å². The number of methoxy groups -OCH3 is 1. The van der Waals surface area contributed by atoms with E-state index in [1.54, 1.807) is 7.11 Å². The van der Waals surface area contributed by atoms with Crippen molar-refractivity contribution >= 4 is 5.69 Å². The Kier molecular flexibility index (Phi) is 7.81. The Balaban J connectivity index is 1.36. The monoisotopic (exact) mass is 391 g/mol. The molecule has 0 fully saturated rings. The maximum Gasteiger partial charge on any atom is 0.120 e. The molecule has 3 aromatic carbocycles. The van der Waals surface area contributed by atoms with Crippen molar-refractivity contribution < 1.29 is 14.2 Å². The molecule has 1 unspecified atom stereocenters. The first-order chi connectivity index (χ1) is 14.2. The Hall–Kier alpha value is -3.14. The molecule has 3 aromatic rings. The number of hydrogen-bond donors (Lipinski definition) is 1. The molecule has 0 saturated carbocycles. The van der Waals surface area contributed by atoms with Crippen LogP contribution in [0.1, 0.15) is 18.9 Å². The van der Waals surface area contributed by atoms with Crippen molar-refractivity contribution in [2.24, 2.45) is 0 Å². The third-order valence-electron chi connectivity index (χ3n) is 4.57. The molecule has 0 aliphatic rings. The molecule has 0 amide bonds. The van der Waals surface area contributed by atoms with Gasteiger partial charge in [0.05, 0.1) is 20.3 Å². The summed E-state index contributed by atoms with van der Waals surface area (Å²) < 4.78 is 16.9. The maximum atomic E-state index is 5.92. The fourth-order valence-electron chi connectivity index (χ4n) is 2.97. The van der Waals surface area contributed by atoms with Gasteiger partial charge in [0, 0.05) is 5.69 Å². The van der Waals surface area contributed by atoms with E-state index in [-0.39, 0.29) is 6.10 Å². The molecule has 0 aromatic heterocycles. The number of benzene rings is 3. The molecule has 0 heterocycles. The topological polar surface area (TPSA) is 39.7 Å². The first-order valence-corrected chi connectivity index (χ1v) is 10.0. The lowest BCUT2D eigenvalue weighted by Crippen LogP contribution is -2.22. The molecular formula is C25H29NO3. The van der Waals surface area contributed by atoms with E-state index >= 15 is 0 Å². The van der Waals surface area contributed by atoms with Crippen molar-refractivity contribution in [3.05, 3.63) is 84.4 Å². The Morgan fingerprint density at radius 3 is 2.14 bits per heavy atom. The van der Waals surface area contributed by atoms with Crippen LogP contribution < -0.4 is 19.5 Å². The number of ether oxygens (including phenoxy) is 3. The highest BCUT2D eigenvalue weighted by atomic mass is 16.5. The van der Waals surface area contributed by atoms with Crippen LogP contribution in [0.4, 0.5) is 5.69 Å². The van der Waals surface area contributed by atoms with Crippen LogP contribution in [-0.4, -0.2) is 26.4 Å². The largest absolute Gasteiger partial charge is 0.497 e. The molecule has 1 N–H and O–H groups in total. The number of rotatable bonds is 11. The smallest absolute Gasteiger partial charge is 0.120 e. The summed E-state index contributed by atoms with van der Waals surface area (Å²) in [6.45, 7) is 3.47. The normalized spacial score (nSPS) is 11.5. The molecule has 29 heavy (non-hydrogen) atoms. The molecule has 0 spiro atoms. The number of anilines is 1. The highest BCUT2D eigenvalue weighted by Gasteiger charge is 2.05. The van der Waals surface area contributed by atoms with E-state index < -0.39 is 0 Å². The van der Waals surface area contributed by atoms with E-state index in [1.807, 2.05) is 61.5 Å². The molecule has 0 radical (unpaired) electrons. The second-order valence-corrected chi connectivity index (χ2v) is 6.95. The number of hydrogen-bond acceptors (Lipinski definition) is 4.